The summed E-state index contributed by atoms with van der Waals surface area (Å²) < 4.78 is 24.4. The zero-order valence-electron chi connectivity index (χ0n) is 17.0. The second kappa shape index (κ2) is 12.3. The summed E-state index contributed by atoms with van der Waals surface area (Å²) in [5.41, 5.74) is 1.05. The monoisotopic (exact) mass is 489 g/mol. The van der Waals surface area contributed by atoms with E-state index in [2.05, 4.69) is 15.3 Å². The summed E-state index contributed by atoms with van der Waals surface area (Å²) in [7, 11) is 1.45. The average Bonchev–Trinajstić information content (AvgIpc) is 2.73. The number of methoxy groups -OCH3 is 1. The third-order valence-electron chi connectivity index (χ3n) is 4.49. The molecule has 0 saturated carbocycles. The van der Waals surface area contributed by atoms with Crippen molar-refractivity contribution in [1.82, 2.24) is 9.97 Å². The summed E-state index contributed by atoms with van der Waals surface area (Å²) in [6.07, 6.45) is -1.59. The molecule has 0 aliphatic heterocycles. The maximum absolute atomic E-state index is 13.4. The first-order chi connectivity index (χ1) is 15.3. The molecule has 0 amide bonds. The third kappa shape index (κ3) is 7.39. The number of aliphatic hydroxyl groups is 2. The zero-order chi connectivity index (χ0) is 23.3. The van der Waals surface area contributed by atoms with Crippen LogP contribution in [0, 0.1) is 5.82 Å². The van der Waals surface area contributed by atoms with Crippen molar-refractivity contribution in [1.29, 1.82) is 0 Å². The fourth-order valence-corrected chi connectivity index (χ4v) is 3.18. The number of hydrogen-bond acceptors (Lipinski definition) is 8. The maximum atomic E-state index is 13.4. The molecular formula is C21H22ClFN3NaO6. The Labute approximate surface area is 215 Å². The number of hydrogen-bond donors (Lipinski definition) is 4. The van der Waals surface area contributed by atoms with Crippen molar-refractivity contribution in [3.63, 3.8) is 0 Å². The van der Waals surface area contributed by atoms with Gasteiger partial charge >= 0.3 is 35.5 Å². The standard InChI is InChI=1S/C21H21ClFN3O6.Na.H/c1-31-18-8-17-14(7-19(18)32-9-13(28)5-12(27)6-20(29)30)21(25-10-24-17)26-11-2-3-16(23)15(22)4-11;;/h2-4,7-8,10,12-13,27-28H,5-6,9H2,1H3,(H,29,30)(H,24,25,26);;/t12-,13+;;/m1../s1. The molecule has 2 atom stereocenters. The van der Waals surface area contributed by atoms with E-state index in [1.807, 2.05) is 0 Å². The van der Waals surface area contributed by atoms with E-state index in [0.717, 1.165) is 0 Å². The van der Waals surface area contributed by atoms with Gasteiger partial charge in [0.15, 0.2) is 11.5 Å². The van der Waals surface area contributed by atoms with Gasteiger partial charge in [0.2, 0.25) is 0 Å². The molecule has 0 radical (unpaired) electrons. The fourth-order valence-electron chi connectivity index (χ4n) is 3.00. The molecule has 3 rings (SSSR count). The number of fused-ring (bicyclic) bond motifs is 1. The molecule has 0 fully saturated rings. The molecule has 12 heteroatoms. The molecular weight excluding hydrogens is 468 g/mol. The van der Waals surface area contributed by atoms with Gasteiger partial charge in [-0.3, -0.25) is 4.79 Å². The second-order valence-corrected chi connectivity index (χ2v) is 7.36. The molecule has 0 spiro atoms. The number of carboxylic acid groups (broad SMARTS) is 1. The summed E-state index contributed by atoms with van der Waals surface area (Å²) >= 11 is 5.84. The normalized spacial score (nSPS) is 12.5. The average molecular weight is 490 g/mol. The fraction of sp³-hybridized carbons (Fsp3) is 0.286. The molecule has 172 valence electrons. The number of halogens is 2. The number of benzene rings is 2. The van der Waals surface area contributed by atoms with Crippen LogP contribution >= 0.6 is 11.6 Å². The van der Waals surface area contributed by atoms with Crippen molar-refractivity contribution in [3.8, 4) is 11.5 Å². The molecule has 1 aromatic heterocycles. The van der Waals surface area contributed by atoms with Crippen LogP contribution in [0.1, 0.15) is 12.8 Å². The van der Waals surface area contributed by atoms with Crippen LogP contribution in [0.3, 0.4) is 0 Å². The van der Waals surface area contributed by atoms with E-state index in [-0.39, 0.29) is 53.4 Å². The number of aliphatic hydroxyl groups excluding tert-OH is 2. The Morgan fingerprint density at radius 3 is 2.61 bits per heavy atom. The second-order valence-electron chi connectivity index (χ2n) is 6.95. The van der Waals surface area contributed by atoms with Gasteiger partial charge in [0.05, 0.1) is 36.3 Å². The van der Waals surface area contributed by atoms with Crippen molar-refractivity contribution in [2.45, 2.75) is 25.0 Å². The van der Waals surface area contributed by atoms with Gasteiger partial charge in [0, 0.05) is 23.6 Å². The van der Waals surface area contributed by atoms with Crippen LogP contribution in [0.4, 0.5) is 15.9 Å². The van der Waals surface area contributed by atoms with E-state index >= 15 is 0 Å². The van der Waals surface area contributed by atoms with E-state index in [1.165, 1.54) is 31.6 Å². The summed E-state index contributed by atoms with van der Waals surface area (Å²) in [5.74, 6) is -0.670. The van der Waals surface area contributed by atoms with Crippen LogP contribution in [-0.2, 0) is 4.79 Å². The Morgan fingerprint density at radius 2 is 1.94 bits per heavy atom. The Morgan fingerprint density at radius 1 is 1.18 bits per heavy atom. The van der Waals surface area contributed by atoms with E-state index < -0.39 is 30.4 Å². The van der Waals surface area contributed by atoms with E-state index in [0.29, 0.717) is 28.2 Å². The zero-order valence-corrected chi connectivity index (χ0v) is 17.7. The van der Waals surface area contributed by atoms with Crippen molar-refractivity contribution in [3.05, 3.63) is 47.5 Å². The van der Waals surface area contributed by atoms with Crippen LogP contribution in [0.25, 0.3) is 10.9 Å². The SMILES string of the molecule is COc1cc2ncnc(Nc3ccc(F)c(Cl)c3)c2cc1OC[C@@H](O)C[C@@H](O)CC(=O)O.[NaH]. The van der Waals surface area contributed by atoms with E-state index in [4.69, 9.17) is 26.2 Å². The number of carboxylic acids is 1. The third-order valence-corrected chi connectivity index (χ3v) is 4.78. The number of nitrogens with zero attached hydrogens (tertiary/aromatic N) is 2. The van der Waals surface area contributed by atoms with Crippen molar-refractivity contribution < 1.29 is 34.0 Å². The van der Waals surface area contributed by atoms with Gasteiger partial charge in [-0.15, -0.1) is 0 Å². The predicted octanol–water partition coefficient (Wildman–Crippen LogP) is 2.49. The first-order valence-electron chi connectivity index (χ1n) is 9.52. The molecule has 0 saturated heterocycles. The summed E-state index contributed by atoms with van der Waals surface area (Å²) in [6.45, 7) is -0.206. The van der Waals surface area contributed by atoms with Gasteiger partial charge in [-0.1, -0.05) is 11.6 Å². The number of ether oxygens (including phenoxy) is 2. The minimum absolute atomic E-state index is 0. The first kappa shape index (κ1) is 27.0. The molecule has 3 aromatic rings. The molecule has 2 aromatic carbocycles. The predicted molar refractivity (Wildman–Crippen MR) is 122 cm³/mol. The molecule has 0 aliphatic rings. The topological polar surface area (TPSA) is 134 Å². The number of aromatic nitrogens is 2. The van der Waals surface area contributed by atoms with Gasteiger partial charge in [0.25, 0.3) is 0 Å². The molecule has 0 unspecified atom stereocenters. The van der Waals surface area contributed by atoms with Gasteiger partial charge < -0.3 is 30.1 Å². The number of anilines is 2. The van der Waals surface area contributed by atoms with Crippen LogP contribution in [0.15, 0.2) is 36.7 Å². The molecule has 33 heavy (non-hydrogen) atoms. The summed E-state index contributed by atoms with van der Waals surface area (Å²) in [4.78, 5) is 19.1. The number of aliphatic carboxylic acids is 1. The van der Waals surface area contributed by atoms with Gasteiger partial charge in [-0.2, -0.15) is 0 Å². The summed E-state index contributed by atoms with van der Waals surface area (Å²) in [6, 6.07) is 7.40. The molecule has 4 N–H and O–H groups in total. The molecule has 0 bridgehead atoms. The molecule has 1 heterocycles. The molecule has 0 aliphatic carbocycles. The number of nitrogens with one attached hydrogen (secondary N) is 1. The Balaban J connectivity index is 0.00000385. The van der Waals surface area contributed by atoms with Gasteiger partial charge in [-0.05, 0) is 24.3 Å². The van der Waals surface area contributed by atoms with E-state index in [1.54, 1.807) is 12.1 Å². The van der Waals surface area contributed by atoms with Crippen LogP contribution in [-0.4, -0.2) is 86.7 Å². The van der Waals surface area contributed by atoms with Crippen molar-refractivity contribution in [2.24, 2.45) is 0 Å². The minimum atomic E-state index is -1.20. The Hall–Kier alpha value is -2.21. The molecule has 9 nitrogen and oxygen atoms in total. The Kier molecular flexibility index (Phi) is 10.1. The summed E-state index contributed by atoms with van der Waals surface area (Å²) in [5, 5.41) is 32.0. The van der Waals surface area contributed by atoms with Gasteiger partial charge in [0.1, 0.15) is 24.6 Å². The quantitative estimate of drug-likeness (QED) is 0.317. The van der Waals surface area contributed by atoms with Crippen LogP contribution < -0.4 is 14.8 Å². The first-order valence-corrected chi connectivity index (χ1v) is 9.90. The van der Waals surface area contributed by atoms with E-state index in [9.17, 15) is 19.4 Å². The van der Waals surface area contributed by atoms with Gasteiger partial charge in [-0.25, -0.2) is 14.4 Å². The number of rotatable bonds is 10. The number of carbonyl (C=O) groups is 1. The van der Waals surface area contributed by atoms with Crippen molar-refractivity contribution >= 4 is 69.5 Å². The van der Waals surface area contributed by atoms with Crippen LogP contribution in [0.5, 0.6) is 11.5 Å². The Bertz CT molecular complexity index is 1120. The van der Waals surface area contributed by atoms with Crippen molar-refractivity contribution in [2.75, 3.05) is 19.0 Å². The van der Waals surface area contributed by atoms with Crippen LogP contribution in [0.2, 0.25) is 5.02 Å².